The van der Waals surface area contributed by atoms with Crippen LogP contribution in [0.15, 0.2) is 47.5 Å². The standard InChI is InChI=1S/C19H17ClN2O3S/c1-10(19(23)24)16-18(26)21-15-8-7-13(25-2)9-14(15)17(22-16)11-3-5-12(20)6-4-11/h3-10,16H,1-2H3,(H,21,26)(H,23,24). The maximum atomic E-state index is 11.5. The maximum absolute atomic E-state index is 11.5. The summed E-state index contributed by atoms with van der Waals surface area (Å²) in [5, 5.41) is 13.2. The number of ether oxygens (including phenoxy) is 1. The number of methoxy groups -OCH3 is 1. The Morgan fingerprint density at radius 1 is 1.31 bits per heavy atom. The molecule has 2 N–H and O–H groups in total. The lowest BCUT2D eigenvalue weighted by Crippen LogP contribution is -2.34. The number of thiocarbonyl (C=S) groups is 1. The molecule has 0 amide bonds. The van der Waals surface area contributed by atoms with E-state index in [0.717, 1.165) is 16.8 Å². The van der Waals surface area contributed by atoms with Crippen LogP contribution in [0.5, 0.6) is 5.75 Å². The summed E-state index contributed by atoms with van der Waals surface area (Å²) in [4.78, 5) is 16.6. The van der Waals surface area contributed by atoms with E-state index in [1.54, 1.807) is 26.2 Å². The fourth-order valence-electron chi connectivity index (χ4n) is 2.74. The van der Waals surface area contributed by atoms with Crippen LogP contribution in [-0.4, -0.2) is 34.9 Å². The fourth-order valence-corrected chi connectivity index (χ4v) is 3.23. The van der Waals surface area contributed by atoms with E-state index in [1.807, 2.05) is 30.3 Å². The summed E-state index contributed by atoms with van der Waals surface area (Å²) < 4.78 is 5.33. The first-order valence-electron chi connectivity index (χ1n) is 7.96. The van der Waals surface area contributed by atoms with E-state index < -0.39 is 17.9 Å². The number of benzodiazepines with no additional fused rings is 1. The van der Waals surface area contributed by atoms with Crippen LogP contribution >= 0.6 is 23.8 Å². The third-order valence-corrected chi connectivity index (χ3v) is 4.85. The third kappa shape index (κ3) is 3.57. The molecule has 26 heavy (non-hydrogen) atoms. The van der Waals surface area contributed by atoms with Crippen LogP contribution in [0.3, 0.4) is 0 Å². The Kier molecular flexibility index (Phi) is 5.25. The Balaban J connectivity index is 2.22. The average molecular weight is 389 g/mol. The summed E-state index contributed by atoms with van der Waals surface area (Å²) in [7, 11) is 1.59. The number of carbonyl (C=O) groups is 1. The number of anilines is 1. The zero-order valence-electron chi connectivity index (χ0n) is 14.2. The summed E-state index contributed by atoms with van der Waals surface area (Å²) in [6.07, 6.45) is 0. The van der Waals surface area contributed by atoms with Gasteiger partial charge in [-0.3, -0.25) is 9.79 Å². The molecule has 5 nitrogen and oxygen atoms in total. The highest BCUT2D eigenvalue weighted by molar-refractivity contribution is 7.80. The minimum atomic E-state index is -0.957. The van der Waals surface area contributed by atoms with Crippen molar-refractivity contribution in [3.05, 3.63) is 58.6 Å². The number of fused-ring (bicyclic) bond motifs is 1. The van der Waals surface area contributed by atoms with E-state index in [1.165, 1.54) is 0 Å². The van der Waals surface area contributed by atoms with E-state index in [-0.39, 0.29) is 0 Å². The van der Waals surface area contributed by atoms with Gasteiger partial charge in [0, 0.05) is 21.8 Å². The predicted octanol–water partition coefficient (Wildman–Crippen LogP) is 4.03. The van der Waals surface area contributed by atoms with Crippen molar-refractivity contribution in [1.82, 2.24) is 0 Å². The quantitative estimate of drug-likeness (QED) is 0.774. The number of nitrogens with one attached hydrogen (secondary N) is 1. The van der Waals surface area contributed by atoms with Crippen molar-refractivity contribution in [3.63, 3.8) is 0 Å². The SMILES string of the molecule is COc1ccc2c(c1)C(c1ccc(Cl)cc1)=NC(C(C)C(=O)O)C(=S)N2. The number of aliphatic carboxylic acids is 1. The average Bonchev–Trinajstić information content (AvgIpc) is 2.77. The smallest absolute Gasteiger partial charge is 0.308 e. The van der Waals surface area contributed by atoms with Gasteiger partial charge < -0.3 is 15.2 Å². The van der Waals surface area contributed by atoms with Crippen molar-refractivity contribution in [3.8, 4) is 5.75 Å². The molecule has 0 bridgehead atoms. The normalized spacial score (nSPS) is 17.4. The summed E-state index contributed by atoms with van der Waals surface area (Å²) in [5.74, 6) is -1.06. The highest BCUT2D eigenvalue weighted by atomic mass is 35.5. The first-order valence-corrected chi connectivity index (χ1v) is 8.75. The van der Waals surface area contributed by atoms with Gasteiger partial charge in [-0.15, -0.1) is 0 Å². The molecular formula is C19H17ClN2O3S. The number of hydrogen-bond donors (Lipinski definition) is 2. The molecule has 2 unspecified atom stereocenters. The minimum Gasteiger partial charge on any atom is -0.497 e. The molecule has 2 atom stereocenters. The Labute approximate surface area is 161 Å². The lowest BCUT2D eigenvalue weighted by Gasteiger charge is -2.17. The minimum absolute atomic E-state index is 0.371. The summed E-state index contributed by atoms with van der Waals surface area (Å²) in [5.41, 5.74) is 3.00. The number of hydrogen-bond acceptors (Lipinski definition) is 4. The number of halogens is 1. The van der Waals surface area contributed by atoms with Gasteiger partial charge in [0.1, 0.15) is 16.8 Å². The number of carboxylic acid groups (broad SMARTS) is 1. The number of rotatable bonds is 4. The first kappa shape index (κ1) is 18.4. The molecule has 1 heterocycles. The summed E-state index contributed by atoms with van der Waals surface area (Å²) in [6.45, 7) is 1.60. The lowest BCUT2D eigenvalue weighted by atomic mass is 9.99. The van der Waals surface area contributed by atoms with Crippen molar-refractivity contribution in [1.29, 1.82) is 0 Å². The van der Waals surface area contributed by atoms with Gasteiger partial charge in [0.15, 0.2) is 0 Å². The highest BCUT2D eigenvalue weighted by Crippen LogP contribution is 2.30. The van der Waals surface area contributed by atoms with Crippen molar-refractivity contribution in [2.45, 2.75) is 13.0 Å². The van der Waals surface area contributed by atoms with Gasteiger partial charge in [-0.2, -0.15) is 0 Å². The summed E-state index contributed by atoms with van der Waals surface area (Å²) >= 11 is 11.4. The van der Waals surface area contributed by atoms with Crippen LogP contribution in [0.1, 0.15) is 18.1 Å². The van der Waals surface area contributed by atoms with Gasteiger partial charge in [0.05, 0.1) is 18.7 Å². The molecule has 0 aromatic heterocycles. The lowest BCUT2D eigenvalue weighted by molar-refractivity contribution is -0.141. The molecule has 0 fully saturated rings. The van der Waals surface area contributed by atoms with Crippen molar-refractivity contribution >= 4 is 46.2 Å². The van der Waals surface area contributed by atoms with Gasteiger partial charge in [-0.25, -0.2) is 0 Å². The fraction of sp³-hybridized carbons (Fsp3) is 0.211. The second kappa shape index (κ2) is 7.43. The largest absolute Gasteiger partial charge is 0.497 e. The molecule has 0 spiro atoms. The van der Waals surface area contributed by atoms with Gasteiger partial charge >= 0.3 is 5.97 Å². The number of aliphatic imine (C=N–C) groups is 1. The number of nitrogens with zero attached hydrogens (tertiary/aromatic N) is 1. The number of benzene rings is 2. The van der Waals surface area contributed by atoms with Crippen molar-refractivity contribution in [2.24, 2.45) is 10.9 Å². The van der Waals surface area contributed by atoms with E-state index in [2.05, 4.69) is 5.32 Å². The molecule has 2 aromatic carbocycles. The second-order valence-electron chi connectivity index (χ2n) is 5.96. The Hall–Kier alpha value is -2.44. The van der Waals surface area contributed by atoms with Crippen LogP contribution in [0.25, 0.3) is 0 Å². The molecule has 3 rings (SSSR count). The van der Waals surface area contributed by atoms with E-state index in [9.17, 15) is 9.90 Å². The van der Waals surface area contributed by atoms with Gasteiger partial charge in [0.2, 0.25) is 0 Å². The molecule has 1 aliphatic heterocycles. The topological polar surface area (TPSA) is 70.9 Å². The molecule has 0 radical (unpaired) electrons. The second-order valence-corrected chi connectivity index (χ2v) is 6.83. The molecule has 7 heteroatoms. The predicted molar refractivity (Wildman–Crippen MR) is 107 cm³/mol. The maximum Gasteiger partial charge on any atom is 0.308 e. The van der Waals surface area contributed by atoms with Crippen LogP contribution < -0.4 is 10.1 Å². The Morgan fingerprint density at radius 2 is 2.00 bits per heavy atom. The molecule has 0 saturated carbocycles. The van der Waals surface area contributed by atoms with Crippen molar-refractivity contribution in [2.75, 3.05) is 12.4 Å². The van der Waals surface area contributed by atoms with E-state index in [4.69, 9.17) is 33.5 Å². The third-order valence-electron chi connectivity index (χ3n) is 4.26. The monoisotopic (exact) mass is 388 g/mol. The van der Waals surface area contributed by atoms with Crippen LogP contribution in [0.4, 0.5) is 5.69 Å². The van der Waals surface area contributed by atoms with Crippen LogP contribution in [0.2, 0.25) is 5.02 Å². The molecule has 1 aliphatic rings. The first-order chi connectivity index (χ1) is 12.4. The Bertz CT molecular complexity index is 896. The summed E-state index contributed by atoms with van der Waals surface area (Å²) in [6, 6.07) is 12.1. The van der Waals surface area contributed by atoms with Gasteiger partial charge in [-0.05, 0) is 37.3 Å². The zero-order valence-corrected chi connectivity index (χ0v) is 15.8. The van der Waals surface area contributed by atoms with Gasteiger partial charge in [-0.1, -0.05) is 36.0 Å². The molecule has 134 valence electrons. The number of carboxylic acids is 1. The molecular weight excluding hydrogens is 372 g/mol. The zero-order chi connectivity index (χ0) is 18.8. The van der Waals surface area contributed by atoms with Gasteiger partial charge in [0.25, 0.3) is 0 Å². The Morgan fingerprint density at radius 3 is 2.62 bits per heavy atom. The highest BCUT2D eigenvalue weighted by Gasteiger charge is 2.31. The van der Waals surface area contributed by atoms with Crippen LogP contribution in [0, 0.1) is 5.92 Å². The molecule has 2 aromatic rings. The molecule has 0 aliphatic carbocycles. The van der Waals surface area contributed by atoms with E-state index >= 15 is 0 Å². The molecule has 0 saturated heterocycles. The van der Waals surface area contributed by atoms with Crippen LogP contribution in [-0.2, 0) is 4.79 Å². The van der Waals surface area contributed by atoms with Crippen molar-refractivity contribution < 1.29 is 14.6 Å². The van der Waals surface area contributed by atoms with E-state index in [0.29, 0.717) is 21.5 Å².